The number of nitrogens with zero attached hydrogens (tertiary/aromatic N) is 5. The Morgan fingerprint density at radius 3 is 2.79 bits per heavy atom. The summed E-state index contributed by atoms with van der Waals surface area (Å²) in [6, 6.07) is 3.84. The topological polar surface area (TPSA) is 83.7 Å². The van der Waals surface area contributed by atoms with Crippen LogP contribution in [-0.2, 0) is 6.54 Å². The van der Waals surface area contributed by atoms with Crippen molar-refractivity contribution in [2.24, 2.45) is 10.9 Å². The third-order valence-corrected chi connectivity index (χ3v) is 5.24. The van der Waals surface area contributed by atoms with Gasteiger partial charge in [0, 0.05) is 47.7 Å². The second-order valence-corrected chi connectivity index (χ2v) is 8.38. The van der Waals surface area contributed by atoms with E-state index in [-0.39, 0.29) is 5.88 Å². The first-order valence-electron chi connectivity index (χ1n) is 9.30. The Kier molecular flexibility index (Phi) is 6.43. The Morgan fingerprint density at radius 1 is 1.34 bits per heavy atom. The molecule has 8 heteroatoms. The van der Waals surface area contributed by atoms with E-state index < -0.39 is 0 Å². The fourth-order valence-electron chi connectivity index (χ4n) is 2.83. The van der Waals surface area contributed by atoms with Crippen LogP contribution in [0.1, 0.15) is 24.5 Å². The highest BCUT2D eigenvalue weighted by atomic mass is 32.1. The number of rotatable bonds is 8. The quantitative estimate of drug-likeness (QED) is 0.553. The van der Waals surface area contributed by atoms with Crippen molar-refractivity contribution in [3.05, 3.63) is 41.4 Å². The molecule has 0 aromatic carbocycles. The SMILES string of the molecule is C=N/C=C\N(C)Cc1nc(O)c2sc(C)c(-c3ccc(OCC(C)C)nc3)c2n1. The number of aromatic nitrogens is 3. The number of hydrogen-bond acceptors (Lipinski definition) is 8. The molecule has 3 rings (SSSR count). The zero-order valence-corrected chi connectivity index (χ0v) is 17.9. The molecule has 0 aliphatic rings. The van der Waals surface area contributed by atoms with E-state index in [1.807, 2.05) is 31.0 Å². The molecule has 0 spiro atoms. The molecule has 3 aromatic rings. The van der Waals surface area contributed by atoms with E-state index in [4.69, 9.17) is 9.72 Å². The van der Waals surface area contributed by atoms with Gasteiger partial charge in [-0.15, -0.1) is 11.3 Å². The minimum Gasteiger partial charge on any atom is -0.492 e. The number of aromatic hydroxyl groups is 1. The highest BCUT2D eigenvalue weighted by molar-refractivity contribution is 7.20. The van der Waals surface area contributed by atoms with Crippen LogP contribution in [0.5, 0.6) is 11.8 Å². The van der Waals surface area contributed by atoms with Crippen LogP contribution in [0.25, 0.3) is 21.3 Å². The lowest BCUT2D eigenvalue weighted by Gasteiger charge is -2.12. The number of hydrogen-bond donors (Lipinski definition) is 1. The normalized spacial score (nSPS) is 11.5. The Bertz CT molecular complexity index is 1030. The first kappa shape index (κ1) is 20.7. The molecule has 0 bridgehead atoms. The van der Waals surface area contributed by atoms with Crippen LogP contribution in [0.2, 0.25) is 0 Å². The van der Waals surface area contributed by atoms with E-state index in [2.05, 4.69) is 35.5 Å². The van der Waals surface area contributed by atoms with Crippen molar-refractivity contribution in [2.45, 2.75) is 27.3 Å². The van der Waals surface area contributed by atoms with Gasteiger partial charge in [-0.2, -0.15) is 4.98 Å². The largest absolute Gasteiger partial charge is 0.492 e. The van der Waals surface area contributed by atoms with Gasteiger partial charge < -0.3 is 14.7 Å². The summed E-state index contributed by atoms with van der Waals surface area (Å²) in [7, 11) is 1.88. The highest BCUT2D eigenvalue weighted by Gasteiger charge is 2.18. The lowest BCUT2D eigenvalue weighted by atomic mass is 10.1. The van der Waals surface area contributed by atoms with Crippen molar-refractivity contribution >= 4 is 28.3 Å². The average Bonchev–Trinajstić information content (AvgIpc) is 3.01. The lowest BCUT2D eigenvalue weighted by Crippen LogP contribution is -2.12. The molecule has 0 atom stereocenters. The van der Waals surface area contributed by atoms with Gasteiger partial charge in [-0.3, -0.25) is 4.99 Å². The fraction of sp³-hybridized carbons (Fsp3) is 0.333. The van der Waals surface area contributed by atoms with E-state index in [0.29, 0.717) is 35.5 Å². The van der Waals surface area contributed by atoms with E-state index in [1.54, 1.807) is 18.6 Å². The molecule has 0 saturated heterocycles. The number of aryl methyl sites for hydroxylation is 1. The Labute approximate surface area is 174 Å². The van der Waals surface area contributed by atoms with Crippen LogP contribution in [0, 0.1) is 12.8 Å². The summed E-state index contributed by atoms with van der Waals surface area (Å²) < 4.78 is 6.35. The average molecular weight is 412 g/mol. The number of aliphatic imine (C=N–C) groups is 1. The first-order valence-corrected chi connectivity index (χ1v) is 10.1. The van der Waals surface area contributed by atoms with Gasteiger partial charge in [0.05, 0.1) is 18.7 Å². The third-order valence-electron chi connectivity index (χ3n) is 4.14. The van der Waals surface area contributed by atoms with Crippen LogP contribution >= 0.6 is 11.3 Å². The predicted molar refractivity (Wildman–Crippen MR) is 118 cm³/mol. The summed E-state index contributed by atoms with van der Waals surface area (Å²) in [5, 5.41) is 10.5. The van der Waals surface area contributed by atoms with E-state index in [9.17, 15) is 5.11 Å². The maximum absolute atomic E-state index is 10.5. The van der Waals surface area contributed by atoms with Crippen molar-refractivity contribution in [2.75, 3.05) is 13.7 Å². The van der Waals surface area contributed by atoms with Gasteiger partial charge in [-0.25, -0.2) is 9.97 Å². The van der Waals surface area contributed by atoms with E-state index >= 15 is 0 Å². The van der Waals surface area contributed by atoms with Gasteiger partial charge in [-0.1, -0.05) is 13.8 Å². The van der Waals surface area contributed by atoms with Crippen LogP contribution in [-0.4, -0.2) is 45.3 Å². The molecular formula is C21H25N5O2S. The van der Waals surface area contributed by atoms with Crippen molar-refractivity contribution in [1.82, 2.24) is 19.9 Å². The Balaban J connectivity index is 1.96. The molecule has 0 saturated carbocycles. The Morgan fingerprint density at radius 2 is 2.14 bits per heavy atom. The molecule has 0 amide bonds. The molecule has 1 N–H and O–H groups in total. The van der Waals surface area contributed by atoms with E-state index in [1.165, 1.54) is 11.3 Å². The predicted octanol–water partition coefficient (Wildman–Crippen LogP) is 4.41. The molecular weight excluding hydrogens is 386 g/mol. The lowest BCUT2D eigenvalue weighted by molar-refractivity contribution is 0.261. The molecule has 0 unspecified atom stereocenters. The number of fused-ring (bicyclic) bond motifs is 1. The minimum absolute atomic E-state index is 0.00609. The molecule has 152 valence electrons. The van der Waals surface area contributed by atoms with Crippen molar-refractivity contribution in [3.63, 3.8) is 0 Å². The number of pyridine rings is 1. The van der Waals surface area contributed by atoms with Gasteiger partial charge in [0.2, 0.25) is 11.8 Å². The van der Waals surface area contributed by atoms with Gasteiger partial charge >= 0.3 is 0 Å². The summed E-state index contributed by atoms with van der Waals surface area (Å²) in [6.07, 6.45) is 5.15. The van der Waals surface area contributed by atoms with Crippen molar-refractivity contribution in [3.8, 4) is 22.9 Å². The van der Waals surface area contributed by atoms with Gasteiger partial charge in [-0.05, 0) is 25.6 Å². The molecule has 3 aromatic heterocycles. The number of ether oxygens (including phenoxy) is 1. The second-order valence-electron chi connectivity index (χ2n) is 7.16. The van der Waals surface area contributed by atoms with Gasteiger partial charge in [0.1, 0.15) is 4.70 Å². The molecule has 0 aliphatic heterocycles. The molecule has 0 radical (unpaired) electrons. The summed E-state index contributed by atoms with van der Waals surface area (Å²) in [4.78, 5) is 20.0. The third kappa shape index (κ3) is 4.89. The Hall–Kier alpha value is -3.00. The van der Waals surface area contributed by atoms with Crippen molar-refractivity contribution < 1.29 is 9.84 Å². The zero-order chi connectivity index (χ0) is 21.0. The van der Waals surface area contributed by atoms with Crippen LogP contribution in [0.15, 0.2) is 35.7 Å². The monoisotopic (exact) mass is 411 g/mol. The molecule has 0 fully saturated rings. The molecule has 0 aliphatic carbocycles. The summed E-state index contributed by atoms with van der Waals surface area (Å²) in [6.45, 7) is 10.7. The minimum atomic E-state index is -0.00609. The van der Waals surface area contributed by atoms with Crippen LogP contribution in [0.4, 0.5) is 0 Å². The van der Waals surface area contributed by atoms with Crippen molar-refractivity contribution in [1.29, 1.82) is 0 Å². The summed E-state index contributed by atoms with van der Waals surface area (Å²) in [5.41, 5.74) is 2.61. The van der Waals surface area contributed by atoms with Gasteiger partial charge in [0.15, 0.2) is 5.82 Å². The van der Waals surface area contributed by atoms with E-state index in [0.717, 1.165) is 21.5 Å². The standard InChI is InChI=1S/C21H25N5O2S/c1-13(2)12-28-17-7-6-15(10-23-17)18-14(3)29-20-19(18)24-16(25-21(20)27)11-26(5)9-8-22-4/h6-10,13H,4,11-12H2,1-3,5H3,(H,24,25,27)/b9-8-. The number of thiophene rings is 1. The summed E-state index contributed by atoms with van der Waals surface area (Å²) >= 11 is 1.48. The molecule has 7 nitrogen and oxygen atoms in total. The maximum atomic E-state index is 10.5. The molecule has 3 heterocycles. The molecule has 29 heavy (non-hydrogen) atoms. The van der Waals surface area contributed by atoms with Crippen LogP contribution < -0.4 is 4.74 Å². The fourth-order valence-corrected chi connectivity index (χ4v) is 3.84. The maximum Gasteiger partial charge on any atom is 0.232 e. The second kappa shape index (κ2) is 9.00. The van der Waals surface area contributed by atoms with Gasteiger partial charge in [0.25, 0.3) is 0 Å². The first-order chi connectivity index (χ1) is 13.9. The van der Waals surface area contributed by atoms with Crippen LogP contribution in [0.3, 0.4) is 0 Å². The zero-order valence-electron chi connectivity index (χ0n) is 17.1. The summed E-state index contributed by atoms with van der Waals surface area (Å²) in [5.74, 6) is 1.55. The smallest absolute Gasteiger partial charge is 0.232 e. The highest BCUT2D eigenvalue weighted by Crippen LogP contribution is 2.40.